The number of nitrogens with one attached hydrogen (secondary N) is 3. The average molecular weight is 265 g/mol. The fraction of sp³-hybridized carbons (Fsp3) is 0. The van der Waals surface area contributed by atoms with Crippen LogP contribution in [0.1, 0.15) is 20.8 Å². The number of H-pyrrole nitrogens is 1. The molecule has 0 fully saturated rings. The molecule has 92 valence electrons. The van der Waals surface area contributed by atoms with Gasteiger partial charge in [-0.2, -0.15) is 0 Å². The number of hydrogen-bond donors (Lipinski definition) is 3. The van der Waals surface area contributed by atoms with E-state index in [4.69, 9.17) is 11.6 Å². The quantitative estimate of drug-likeness (QED) is 0.561. The molecule has 0 aliphatic heterocycles. The molecule has 2 amide bonds. The highest BCUT2D eigenvalue weighted by atomic mass is 35.5. The molecule has 0 bridgehead atoms. The van der Waals surface area contributed by atoms with Crippen molar-refractivity contribution >= 4 is 23.4 Å². The fourth-order valence-electron chi connectivity index (χ4n) is 1.27. The maximum atomic E-state index is 11.6. The number of nitrogens with zero attached hydrogens (tertiary/aromatic N) is 1. The molecule has 6 nitrogen and oxygen atoms in total. The van der Waals surface area contributed by atoms with Gasteiger partial charge in [0.05, 0.1) is 0 Å². The van der Waals surface area contributed by atoms with Crippen LogP contribution in [-0.4, -0.2) is 21.8 Å². The van der Waals surface area contributed by atoms with Crippen LogP contribution in [0.4, 0.5) is 0 Å². The first-order valence-electron chi connectivity index (χ1n) is 5.02. The van der Waals surface area contributed by atoms with Crippen LogP contribution in [-0.2, 0) is 0 Å². The predicted molar refractivity (Wildman–Crippen MR) is 65.0 cm³/mol. The number of carbonyl (C=O) groups excluding carboxylic acids is 2. The summed E-state index contributed by atoms with van der Waals surface area (Å²) in [7, 11) is 0. The molecule has 2 rings (SSSR count). The van der Waals surface area contributed by atoms with Gasteiger partial charge in [0.2, 0.25) is 0 Å². The van der Waals surface area contributed by atoms with Gasteiger partial charge in [0.15, 0.2) is 0 Å². The molecule has 3 N–H and O–H groups in total. The van der Waals surface area contributed by atoms with E-state index in [1.165, 1.54) is 18.3 Å². The van der Waals surface area contributed by atoms with Crippen LogP contribution in [0.15, 0.2) is 36.7 Å². The summed E-state index contributed by atoms with van der Waals surface area (Å²) in [5.74, 6) is -0.910. The zero-order chi connectivity index (χ0) is 13.0. The molecular weight excluding hydrogens is 256 g/mol. The van der Waals surface area contributed by atoms with Crippen LogP contribution < -0.4 is 10.9 Å². The summed E-state index contributed by atoms with van der Waals surface area (Å²) in [5.41, 5.74) is 5.20. The third kappa shape index (κ3) is 2.86. The zero-order valence-corrected chi connectivity index (χ0v) is 9.86. The molecular formula is C11H9ClN4O2. The van der Waals surface area contributed by atoms with Crippen molar-refractivity contribution < 1.29 is 9.59 Å². The number of pyridine rings is 1. The molecule has 2 aromatic rings. The summed E-state index contributed by atoms with van der Waals surface area (Å²) in [4.78, 5) is 29.6. The highest BCUT2D eigenvalue weighted by molar-refractivity contribution is 6.29. The average Bonchev–Trinajstić information content (AvgIpc) is 2.89. The number of aromatic nitrogens is 2. The lowest BCUT2D eigenvalue weighted by Crippen LogP contribution is -2.41. The van der Waals surface area contributed by atoms with Gasteiger partial charge in [-0.05, 0) is 24.3 Å². The van der Waals surface area contributed by atoms with E-state index in [9.17, 15) is 9.59 Å². The molecule has 7 heteroatoms. The second-order valence-electron chi connectivity index (χ2n) is 3.36. The van der Waals surface area contributed by atoms with Crippen molar-refractivity contribution in [2.45, 2.75) is 0 Å². The highest BCUT2D eigenvalue weighted by Crippen LogP contribution is 2.06. The van der Waals surface area contributed by atoms with Gasteiger partial charge in [0.25, 0.3) is 11.8 Å². The number of hydrogen-bond acceptors (Lipinski definition) is 3. The van der Waals surface area contributed by atoms with E-state index >= 15 is 0 Å². The Balaban J connectivity index is 1.95. The van der Waals surface area contributed by atoms with Crippen LogP contribution in [0, 0.1) is 0 Å². The molecule has 0 spiro atoms. The van der Waals surface area contributed by atoms with Gasteiger partial charge >= 0.3 is 0 Å². The summed E-state index contributed by atoms with van der Waals surface area (Å²) in [6, 6.07) is 6.16. The summed E-state index contributed by atoms with van der Waals surface area (Å²) < 4.78 is 0. The van der Waals surface area contributed by atoms with Crippen molar-refractivity contribution in [3.05, 3.63) is 53.1 Å². The van der Waals surface area contributed by atoms with E-state index < -0.39 is 11.8 Å². The monoisotopic (exact) mass is 264 g/mol. The Bertz CT molecular complexity index is 568. The topological polar surface area (TPSA) is 86.9 Å². The first-order valence-corrected chi connectivity index (χ1v) is 5.40. The van der Waals surface area contributed by atoms with Gasteiger partial charge in [-0.15, -0.1) is 0 Å². The van der Waals surface area contributed by atoms with Gasteiger partial charge < -0.3 is 4.98 Å². The SMILES string of the molecule is O=C(NNC(=O)c1ccc[nH]1)c1ccnc(Cl)c1. The van der Waals surface area contributed by atoms with Crippen LogP contribution in [0.25, 0.3) is 0 Å². The number of halogens is 1. The van der Waals surface area contributed by atoms with Crippen LogP contribution in [0.2, 0.25) is 5.15 Å². The molecule has 0 atom stereocenters. The number of carbonyl (C=O) groups is 2. The first kappa shape index (κ1) is 12.1. The van der Waals surface area contributed by atoms with Crippen molar-refractivity contribution in [3.63, 3.8) is 0 Å². The summed E-state index contributed by atoms with van der Waals surface area (Å²) >= 11 is 5.65. The molecule has 0 saturated heterocycles. The normalized spacial score (nSPS) is 9.83. The maximum Gasteiger partial charge on any atom is 0.286 e. The number of hydrazine groups is 1. The minimum Gasteiger partial charge on any atom is -0.357 e. The van der Waals surface area contributed by atoms with Crippen molar-refractivity contribution in [1.29, 1.82) is 0 Å². The molecule has 0 aliphatic carbocycles. The molecule has 0 aliphatic rings. The standard InChI is InChI=1S/C11H9ClN4O2/c12-9-6-7(3-5-14-9)10(17)15-16-11(18)8-2-1-4-13-8/h1-6,13H,(H,15,17)(H,16,18). The third-order valence-corrected chi connectivity index (χ3v) is 2.33. The van der Waals surface area contributed by atoms with Gasteiger partial charge in [-0.1, -0.05) is 11.6 Å². The van der Waals surface area contributed by atoms with Crippen molar-refractivity contribution in [2.24, 2.45) is 0 Å². The van der Waals surface area contributed by atoms with E-state index in [1.807, 2.05) is 0 Å². The van der Waals surface area contributed by atoms with Crippen molar-refractivity contribution in [3.8, 4) is 0 Å². The number of amides is 2. The van der Waals surface area contributed by atoms with Crippen LogP contribution in [0.5, 0.6) is 0 Å². The zero-order valence-electron chi connectivity index (χ0n) is 9.11. The smallest absolute Gasteiger partial charge is 0.286 e. The lowest BCUT2D eigenvalue weighted by Gasteiger charge is -2.06. The fourth-order valence-corrected chi connectivity index (χ4v) is 1.44. The van der Waals surface area contributed by atoms with Gasteiger partial charge in [-0.25, -0.2) is 4.98 Å². The first-order chi connectivity index (χ1) is 8.66. The van der Waals surface area contributed by atoms with Gasteiger partial charge in [-0.3, -0.25) is 20.4 Å². The Morgan fingerprint density at radius 3 is 2.67 bits per heavy atom. The van der Waals surface area contributed by atoms with E-state index in [2.05, 4.69) is 20.8 Å². The number of rotatable bonds is 2. The molecule has 0 unspecified atom stereocenters. The summed E-state index contributed by atoms with van der Waals surface area (Å²) in [5, 5.41) is 0.207. The maximum absolute atomic E-state index is 11.6. The molecule has 0 aromatic carbocycles. The Hall–Kier alpha value is -2.34. The molecule has 2 heterocycles. The van der Waals surface area contributed by atoms with Crippen LogP contribution >= 0.6 is 11.6 Å². The third-order valence-electron chi connectivity index (χ3n) is 2.12. The summed E-state index contributed by atoms with van der Waals surface area (Å²) in [6.45, 7) is 0. The number of aromatic amines is 1. The van der Waals surface area contributed by atoms with Gasteiger partial charge in [0.1, 0.15) is 10.8 Å². The molecule has 0 radical (unpaired) electrons. The second kappa shape index (κ2) is 5.33. The molecule has 0 saturated carbocycles. The van der Waals surface area contributed by atoms with E-state index in [-0.39, 0.29) is 5.15 Å². The van der Waals surface area contributed by atoms with Crippen molar-refractivity contribution in [2.75, 3.05) is 0 Å². The van der Waals surface area contributed by atoms with Crippen molar-refractivity contribution in [1.82, 2.24) is 20.8 Å². The Kier molecular flexibility index (Phi) is 3.59. The molecule has 2 aromatic heterocycles. The second-order valence-corrected chi connectivity index (χ2v) is 3.75. The highest BCUT2D eigenvalue weighted by Gasteiger charge is 2.09. The Morgan fingerprint density at radius 1 is 1.22 bits per heavy atom. The van der Waals surface area contributed by atoms with E-state index in [0.29, 0.717) is 11.3 Å². The lowest BCUT2D eigenvalue weighted by molar-refractivity contribution is 0.0844. The van der Waals surface area contributed by atoms with Crippen LogP contribution in [0.3, 0.4) is 0 Å². The molecule has 18 heavy (non-hydrogen) atoms. The minimum atomic E-state index is -0.473. The predicted octanol–water partition coefficient (Wildman–Crippen LogP) is 1.14. The Labute approximate surface area is 107 Å². The lowest BCUT2D eigenvalue weighted by atomic mass is 10.2. The van der Waals surface area contributed by atoms with E-state index in [1.54, 1.807) is 18.3 Å². The minimum absolute atomic E-state index is 0.207. The van der Waals surface area contributed by atoms with Gasteiger partial charge in [0, 0.05) is 18.0 Å². The summed E-state index contributed by atoms with van der Waals surface area (Å²) in [6.07, 6.45) is 3.02. The van der Waals surface area contributed by atoms with E-state index in [0.717, 1.165) is 0 Å². The Morgan fingerprint density at radius 2 is 2.00 bits per heavy atom. The largest absolute Gasteiger partial charge is 0.357 e.